The molecule has 0 atom stereocenters. The lowest BCUT2D eigenvalue weighted by atomic mass is 9.49. The van der Waals surface area contributed by atoms with Gasteiger partial charge in [0.1, 0.15) is 0 Å². The van der Waals surface area contributed by atoms with Gasteiger partial charge in [0.15, 0.2) is 5.82 Å². The van der Waals surface area contributed by atoms with Crippen molar-refractivity contribution in [3.05, 3.63) is 24.1 Å². The monoisotopic (exact) mass is 271 g/mol. The van der Waals surface area contributed by atoms with E-state index in [0.717, 1.165) is 17.8 Å². The zero-order chi connectivity index (χ0) is 13.6. The van der Waals surface area contributed by atoms with Crippen LogP contribution in [0.15, 0.2) is 22.8 Å². The van der Waals surface area contributed by atoms with Crippen LogP contribution in [0.25, 0.3) is 6.08 Å². The van der Waals surface area contributed by atoms with Crippen LogP contribution in [0.3, 0.4) is 0 Å². The second-order valence-corrected chi connectivity index (χ2v) is 6.99. The van der Waals surface area contributed by atoms with Crippen molar-refractivity contribution >= 4 is 12.1 Å². The van der Waals surface area contributed by atoms with Crippen molar-refractivity contribution in [1.82, 2.24) is 10.1 Å². The molecule has 4 heteroatoms. The second-order valence-electron chi connectivity index (χ2n) is 6.99. The molecule has 4 nitrogen and oxygen atoms in total. The summed E-state index contributed by atoms with van der Waals surface area (Å²) < 4.78 is 4.74. The van der Waals surface area contributed by atoms with E-state index in [1.54, 1.807) is 0 Å². The fourth-order valence-corrected chi connectivity index (χ4v) is 5.10. The molecule has 4 fully saturated rings. The SMILES string of the molecule is Nc1nc(/C=C/C=C/C23CC4CC(CC(C4)C2)C3)no1. The summed E-state index contributed by atoms with van der Waals surface area (Å²) in [6.07, 6.45) is 17.1. The van der Waals surface area contributed by atoms with Gasteiger partial charge in [0, 0.05) is 0 Å². The summed E-state index contributed by atoms with van der Waals surface area (Å²) in [6.45, 7) is 0. The zero-order valence-corrected chi connectivity index (χ0v) is 11.7. The number of nitrogen functional groups attached to an aromatic ring is 1. The molecule has 0 aromatic carbocycles. The highest BCUT2D eigenvalue weighted by atomic mass is 16.5. The van der Waals surface area contributed by atoms with Gasteiger partial charge in [-0.1, -0.05) is 23.4 Å². The quantitative estimate of drug-likeness (QED) is 0.855. The first-order valence-corrected chi connectivity index (χ1v) is 7.66. The van der Waals surface area contributed by atoms with Crippen LogP contribution in [0.4, 0.5) is 6.01 Å². The van der Waals surface area contributed by atoms with Gasteiger partial charge in [0.25, 0.3) is 0 Å². The van der Waals surface area contributed by atoms with Crippen LogP contribution in [-0.2, 0) is 0 Å². The van der Waals surface area contributed by atoms with Crippen molar-refractivity contribution in [2.24, 2.45) is 23.2 Å². The number of rotatable bonds is 3. The number of nitrogens with zero attached hydrogens (tertiary/aromatic N) is 2. The van der Waals surface area contributed by atoms with Gasteiger partial charge in [0.05, 0.1) is 0 Å². The molecule has 4 aliphatic rings. The topological polar surface area (TPSA) is 64.9 Å². The molecular weight excluding hydrogens is 250 g/mol. The zero-order valence-electron chi connectivity index (χ0n) is 11.7. The van der Waals surface area contributed by atoms with Crippen LogP contribution in [0.2, 0.25) is 0 Å². The number of nitrogens with two attached hydrogens (primary N) is 1. The van der Waals surface area contributed by atoms with Crippen molar-refractivity contribution < 1.29 is 4.52 Å². The summed E-state index contributed by atoms with van der Waals surface area (Å²) in [5.74, 6) is 3.52. The highest BCUT2D eigenvalue weighted by Crippen LogP contribution is 2.60. The molecule has 0 saturated heterocycles. The minimum atomic E-state index is 0.120. The van der Waals surface area contributed by atoms with Crippen LogP contribution in [0.5, 0.6) is 0 Å². The molecule has 0 spiro atoms. The standard InChI is InChI=1S/C16H21N3O/c17-15-18-14(19-20-15)3-1-2-4-16-8-11-5-12(9-16)7-13(6-11)10-16/h1-4,11-13H,5-10H2,(H2,17,18,19)/b3-1+,4-2+. The molecule has 0 amide bonds. The average Bonchev–Trinajstić information content (AvgIpc) is 2.79. The van der Waals surface area contributed by atoms with Crippen molar-refractivity contribution in [2.45, 2.75) is 38.5 Å². The van der Waals surface area contributed by atoms with Crippen molar-refractivity contribution in [3.8, 4) is 0 Å². The summed E-state index contributed by atoms with van der Waals surface area (Å²) in [5, 5.41) is 3.75. The maximum Gasteiger partial charge on any atom is 0.319 e. The number of hydrogen-bond acceptors (Lipinski definition) is 4. The molecule has 4 aliphatic carbocycles. The van der Waals surface area contributed by atoms with E-state index in [9.17, 15) is 0 Å². The lowest BCUT2D eigenvalue weighted by Gasteiger charge is -2.55. The summed E-state index contributed by atoms with van der Waals surface area (Å²) in [6, 6.07) is 0.120. The Kier molecular flexibility index (Phi) is 2.72. The maximum absolute atomic E-state index is 5.39. The Labute approximate surface area is 119 Å². The molecule has 106 valence electrons. The van der Waals surface area contributed by atoms with E-state index in [1.165, 1.54) is 38.5 Å². The highest BCUT2D eigenvalue weighted by Gasteiger charge is 2.49. The van der Waals surface area contributed by atoms with Crippen molar-refractivity contribution in [2.75, 3.05) is 5.73 Å². The molecule has 0 radical (unpaired) electrons. The first-order chi connectivity index (χ1) is 9.71. The van der Waals surface area contributed by atoms with Crippen LogP contribution in [0, 0.1) is 23.2 Å². The van der Waals surface area contributed by atoms with E-state index in [2.05, 4.69) is 22.3 Å². The first-order valence-electron chi connectivity index (χ1n) is 7.66. The second kappa shape index (κ2) is 4.47. The third-order valence-corrected chi connectivity index (χ3v) is 5.35. The minimum Gasteiger partial charge on any atom is -0.351 e. The molecule has 1 aromatic rings. The van der Waals surface area contributed by atoms with E-state index in [4.69, 9.17) is 10.3 Å². The Balaban J connectivity index is 1.46. The van der Waals surface area contributed by atoms with Gasteiger partial charge in [-0.05, 0) is 67.8 Å². The Morgan fingerprint density at radius 1 is 1.05 bits per heavy atom. The molecule has 2 N–H and O–H groups in total. The van der Waals surface area contributed by atoms with Crippen LogP contribution < -0.4 is 5.73 Å². The summed E-state index contributed by atoms with van der Waals surface area (Å²) in [7, 11) is 0. The van der Waals surface area contributed by atoms with Gasteiger partial charge in [-0.15, -0.1) is 0 Å². The van der Waals surface area contributed by atoms with E-state index in [-0.39, 0.29) is 6.01 Å². The third-order valence-electron chi connectivity index (χ3n) is 5.35. The largest absolute Gasteiger partial charge is 0.351 e. The molecule has 1 aromatic heterocycles. The number of allylic oxidation sites excluding steroid dienone is 3. The lowest BCUT2D eigenvalue weighted by Crippen LogP contribution is -2.44. The van der Waals surface area contributed by atoms with Gasteiger partial charge < -0.3 is 10.3 Å². The molecule has 0 aliphatic heterocycles. The molecule has 1 heterocycles. The Hall–Kier alpha value is -1.58. The van der Waals surface area contributed by atoms with Gasteiger partial charge in [-0.3, -0.25) is 0 Å². The normalized spacial score (nSPS) is 39.3. The van der Waals surface area contributed by atoms with Gasteiger partial charge >= 0.3 is 6.01 Å². The predicted octanol–water partition coefficient (Wildman–Crippen LogP) is 3.44. The minimum absolute atomic E-state index is 0.120. The Morgan fingerprint density at radius 3 is 2.25 bits per heavy atom. The van der Waals surface area contributed by atoms with Gasteiger partial charge in [-0.2, -0.15) is 4.98 Å². The van der Waals surface area contributed by atoms with Crippen LogP contribution >= 0.6 is 0 Å². The van der Waals surface area contributed by atoms with E-state index in [0.29, 0.717) is 11.2 Å². The van der Waals surface area contributed by atoms with Crippen molar-refractivity contribution in [3.63, 3.8) is 0 Å². The molecule has 5 rings (SSSR count). The Morgan fingerprint density at radius 2 is 1.70 bits per heavy atom. The van der Waals surface area contributed by atoms with E-state index >= 15 is 0 Å². The van der Waals surface area contributed by atoms with E-state index in [1.807, 2.05) is 12.2 Å². The number of hydrogen-bond donors (Lipinski definition) is 1. The van der Waals surface area contributed by atoms with Crippen LogP contribution in [-0.4, -0.2) is 10.1 Å². The Bertz CT molecular complexity index is 523. The highest BCUT2D eigenvalue weighted by molar-refractivity contribution is 5.43. The summed E-state index contributed by atoms with van der Waals surface area (Å²) in [5.41, 5.74) is 5.87. The number of aromatic nitrogens is 2. The third kappa shape index (κ3) is 2.17. The van der Waals surface area contributed by atoms with E-state index < -0.39 is 0 Å². The summed E-state index contributed by atoms with van der Waals surface area (Å²) >= 11 is 0. The molecular formula is C16H21N3O. The molecule has 0 unspecified atom stereocenters. The molecule has 4 bridgehead atoms. The fraction of sp³-hybridized carbons (Fsp3) is 0.625. The summed E-state index contributed by atoms with van der Waals surface area (Å²) in [4.78, 5) is 3.95. The molecule has 20 heavy (non-hydrogen) atoms. The predicted molar refractivity (Wildman–Crippen MR) is 77.5 cm³/mol. The van der Waals surface area contributed by atoms with Gasteiger partial charge in [-0.25, -0.2) is 0 Å². The molecule has 4 saturated carbocycles. The maximum atomic E-state index is 5.39. The van der Waals surface area contributed by atoms with Gasteiger partial charge in [0.2, 0.25) is 0 Å². The van der Waals surface area contributed by atoms with Crippen molar-refractivity contribution in [1.29, 1.82) is 0 Å². The smallest absolute Gasteiger partial charge is 0.319 e. The lowest BCUT2D eigenvalue weighted by molar-refractivity contribution is -0.0237. The first kappa shape index (κ1) is 12.2. The van der Waals surface area contributed by atoms with Crippen LogP contribution in [0.1, 0.15) is 44.3 Å². The number of anilines is 1. The fourth-order valence-electron chi connectivity index (χ4n) is 5.10. The average molecular weight is 271 g/mol.